The fraction of sp³-hybridized carbons (Fsp3) is 0.200. The molecule has 27 heavy (non-hydrogen) atoms. The second kappa shape index (κ2) is 6.68. The van der Waals surface area contributed by atoms with E-state index in [2.05, 4.69) is 10.7 Å². The number of fused-ring (bicyclic) bond motifs is 1. The van der Waals surface area contributed by atoms with Crippen molar-refractivity contribution in [2.75, 3.05) is 5.32 Å². The summed E-state index contributed by atoms with van der Waals surface area (Å²) in [6, 6.07) is 12.6. The lowest BCUT2D eigenvalue weighted by Crippen LogP contribution is -2.45. The van der Waals surface area contributed by atoms with Crippen molar-refractivity contribution in [3.63, 3.8) is 0 Å². The predicted molar refractivity (Wildman–Crippen MR) is 98.9 cm³/mol. The van der Waals surface area contributed by atoms with E-state index < -0.39 is 23.1 Å². The van der Waals surface area contributed by atoms with Crippen LogP contribution in [0.2, 0.25) is 0 Å². The molecule has 0 aliphatic carbocycles. The Morgan fingerprint density at radius 3 is 2.04 bits per heavy atom. The second-order valence-corrected chi connectivity index (χ2v) is 7.22. The van der Waals surface area contributed by atoms with Crippen LogP contribution in [0.5, 0.6) is 0 Å². The van der Waals surface area contributed by atoms with Gasteiger partial charge in [0.15, 0.2) is 0 Å². The van der Waals surface area contributed by atoms with Crippen molar-refractivity contribution < 1.29 is 19.2 Å². The van der Waals surface area contributed by atoms with Gasteiger partial charge in [0.1, 0.15) is 0 Å². The van der Waals surface area contributed by atoms with Gasteiger partial charge in [-0.2, -0.15) is 5.01 Å². The molecule has 0 aromatic heterocycles. The number of anilines is 1. The molecule has 1 aliphatic heterocycles. The van der Waals surface area contributed by atoms with E-state index in [9.17, 15) is 19.2 Å². The van der Waals surface area contributed by atoms with Gasteiger partial charge in [-0.15, -0.1) is 0 Å². The van der Waals surface area contributed by atoms with Crippen molar-refractivity contribution in [2.45, 2.75) is 20.8 Å². The first-order chi connectivity index (χ1) is 12.7. The van der Waals surface area contributed by atoms with Crippen LogP contribution in [-0.2, 0) is 4.79 Å². The minimum absolute atomic E-state index is 0.194. The normalized spacial score (nSPS) is 13.4. The summed E-state index contributed by atoms with van der Waals surface area (Å²) in [4.78, 5) is 49.3. The quantitative estimate of drug-likeness (QED) is 0.818. The van der Waals surface area contributed by atoms with Gasteiger partial charge >= 0.3 is 0 Å². The lowest BCUT2D eigenvalue weighted by Gasteiger charge is -2.18. The number of amides is 4. The highest BCUT2D eigenvalue weighted by Gasteiger charge is 2.36. The zero-order chi connectivity index (χ0) is 19.8. The molecule has 0 saturated heterocycles. The van der Waals surface area contributed by atoms with Crippen LogP contribution in [0, 0.1) is 5.41 Å². The van der Waals surface area contributed by atoms with Crippen LogP contribution in [0.15, 0.2) is 48.5 Å². The highest BCUT2D eigenvalue weighted by molar-refractivity contribution is 6.22. The number of hydrogen-bond acceptors (Lipinski definition) is 4. The third kappa shape index (κ3) is 3.57. The predicted octanol–water partition coefficient (Wildman–Crippen LogP) is 2.61. The molecule has 0 saturated carbocycles. The fourth-order valence-electron chi connectivity index (χ4n) is 2.51. The maximum atomic E-state index is 12.5. The first kappa shape index (κ1) is 18.3. The molecule has 138 valence electrons. The molecule has 7 nitrogen and oxygen atoms in total. The van der Waals surface area contributed by atoms with Crippen LogP contribution < -0.4 is 10.7 Å². The van der Waals surface area contributed by atoms with Gasteiger partial charge in [-0.25, -0.2) is 0 Å². The largest absolute Gasteiger partial charge is 0.326 e. The molecule has 7 heteroatoms. The lowest BCUT2D eigenvalue weighted by atomic mass is 9.95. The highest BCUT2D eigenvalue weighted by atomic mass is 16.2. The van der Waals surface area contributed by atoms with Gasteiger partial charge in [0.25, 0.3) is 17.7 Å². The summed E-state index contributed by atoms with van der Waals surface area (Å²) in [7, 11) is 0. The minimum atomic E-state index is -0.628. The SMILES string of the molecule is CC(C)(C)C(=O)Nc1cccc(C(=O)NN2C(=O)c3ccccc3C2=O)c1. The zero-order valence-electron chi connectivity index (χ0n) is 15.2. The number of benzene rings is 2. The Kier molecular flexibility index (Phi) is 4.53. The van der Waals surface area contributed by atoms with E-state index in [0.29, 0.717) is 10.7 Å². The number of carbonyl (C=O) groups excluding carboxylic acids is 4. The summed E-state index contributed by atoms with van der Waals surface area (Å²) in [5.74, 6) is -1.99. The number of carbonyl (C=O) groups is 4. The lowest BCUT2D eigenvalue weighted by molar-refractivity contribution is -0.123. The second-order valence-electron chi connectivity index (χ2n) is 7.22. The molecule has 0 unspecified atom stereocenters. The molecule has 1 heterocycles. The van der Waals surface area contributed by atoms with Crippen LogP contribution in [0.25, 0.3) is 0 Å². The third-order valence-corrected chi connectivity index (χ3v) is 4.07. The number of nitrogens with one attached hydrogen (secondary N) is 2. The maximum absolute atomic E-state index is 12.5. The van der Waals surface area contributed by atoms with Crippen LogP contribution in [-0.4, -0.2) is 28.6 Å². The summed E-state index contributed by atoms with van der Waals surface area (Å²) in [5, 5.41) is 3.44. The third-order valence-electron chi connectivity index (χ3n) is 4.07. The summed E-state index contributed by atoms with van der Waals surface area (Å²) >= 11 is 0. The zero-order valence-corrected chi connectivity index (χ0v) is 15.2. The number of hydrogen-bond donors (Lipinski definition) is 2. The Hall–Kier alpha value is -3.48. The topological polar surface area (TPSA) is 95.6 Å². The average Bonchev–Trinajstić information content (AvgIpc) is 2.86. The molecule has 0 fully saturated rings. The van der Waals surface area contributed by atoms with E-state index >= 15 is 0 Å². The Morgan fingerprint density at radius 2 is 1.48 bits per heavy atom. The van der Waals surface area contributed by atoms with Gasteiger partial charge in [0, 0.05) is 16.7 Å². The minimum Gasteiger partial charge on any atom is -0.326 e. The fourth-order valence-corrected chi connectivity index (χ4v) is 2.51. The molecule has 2 N–H and O–H groups in total. The molecule has 3 rings (SSSR count). The number of imide groups is 1. The Morgan fingerprint density at radius 1 is 0.889 bits per heavy atom. The average molecular weight is 365 g/mol. The Balaban J connectivity index is 1.76. The first-order valence-electron chi connectivity index (χ1n) is 8.39. The van der Waals surface area contributed by atoms with Gasteiger partial charge in [0.2, 0.25) is 5.91 Å². The summed E-state index contributed by atoms with van der Waals surface area (Å²) in [5.41, 5.74) is 2.89. The first-order valence-corrected chi connectivity index (χ1v) is 8.39. The molecular weight excluding hydrogens is 346 g/mol. The van der Waals surface area contributed by atoms with E-state index in [0.717, 1.165) is 0 Å². The van der Waals surface area contributed by atoms with Crippen molar-refractivity contribution in [3.05, 3.63) is 65.2 Å². The smallest absolute Gasteiger partial charge is 0.280 e. The van der Waals surface area contributed by atoms with Crippen molar-refractivity contribution in [3.8, 4) is 0 Å². The van der Waals surface area contributed by atoms with Gasteiger partial charge in [-0.1, -0.05) is 39.0 Å². The van der Waals surface area contributed by atoms with E-state index in [1.165, 1.54) is 24.3 Å². The molecule has 0 radical (unpaired) electrons. The van der Waals surface area contributed by atoms with Crippen molar-refractivity contribution >= 4 is 29.3 Å². The molecule has 1 aliphatic rings. The van der Waals surface area contributed by atoms with E-state index in [1.807, 2.05) is 0 Å². The van der Waals surface area contributed by atoms with Gasteiger partial charge in [0.05, 0.1) is 11.1 Å². The number of nitrogens with zero attached hydrogens (tertiary/aromatic N) is 1. The molecule has 0 spiro atoms. The maximum Gasteiger partial charge on any atom is 0.280 e. The van der Waals surface area contributed by atoms with Crippen LogP contribution in [0.1, 0.15) is 51.8 Å². The van der Waals surface area contributed by atoms with Gasteiger partial charge in [-0.3, -0.25) is 24.6 Å². The molecule has 4 amide bonds. The molecule has 0 atom stereocenters. The summed E-state index contributed by atoms with van der Waals surface area (Å²) in [6.07, 6.45) is 0. The molecular formula is C20H19N3O4. The van der Waals surface area contributed by atoms with E-state index in [4.69, 9.17) is 0 Å². The van der Waals surface area contributed by atoms with E-state index in [-0.39, 0.29) is 22.6 Å². The summed E-state index contributed by atoms with van der Waals surface area (Å²) < 4.78 is 0. The molecule has 0 bridgehead atoms. The monoisotopic (exact) mass is 365 g/mol. The molecule has 2 aromatic carbocycles. The number of hydrazine groups is 1. The van der Waals surface area contributed by atoms with Crippen molar-refractivity contribution in [1.82, 2.24) is 10.4 Å². The van der Waals surface area contributed by atoms with Crippen molar-refractivity contribution in [1.29, 1.82) is 0 Å². The Labute approximate surface area is 156 Å². The summed E-state index contributed by atoms with van der Waals surface area (Å²) in [6.45, 7) is 5.34. The van der Waals surface area contributed by atoms with Crippen LogP contribution in [0.3, 0.4) is 0 Å². The van der Waals surface area contributed by atoms with E-state index in [1.54, 1.807) is 45.0 Å². The van der Waals surface area contributed by atoms with Gasteiger partial charge in [-0.05, 0) is 30.3 Å². The van der Waals surface area contributed by atoms with Crippen molar-refractivity contribution in [2.24, 2.45) is 5.41 Å². The van der Waals surface area contributed by atoms with Crippen LogP contribution in [0.4, 0.5) is 5.69 Å². The molecule has 2 aromatic rings. The highest BCUT2D eigenvalue weighted by Crippen LogP contribution is 2.22. The Bertz CT molecular complexity index is 925. The van der Waals surface area contributed by atoms with Crippen LogP contribution >= 0.6 is 0 Å². The standard InChI is InChI=1S/C20H19N3O4/c1-20(2,3)19(27)21-13-8-6-7-12(11-13)16(24)22-23-17(25)14-9-4-5-10-15(14)18(23)26/h4-11H,1-3H3,(H,21,27)(H,22,24). The van der Waals surface area contributed by atoms with Gasteiger partial charge < -0.3 is 5.32 Å². The number of rotatable bonds is 3.